The van der Waals surface area contributed by atoms with Gasteiger partial charge in [0.2, 0.25) is 0 Å². The highest BCUT2D eigenvalue weighted by atomic mass is 16.5. The van der Waals surface area contributed by atoms with Crippen molar-refractivity contribution >= 4 is 5.69 Å². The van der Waals surface area contributed by atoms with Crippen molar-refractivity contribution in [3.63, 3.8) is 0 Å². The normalized spacial score (nSPS) is 23.3. The summed E-state index contributed by atoms with van der Waals surface area (Å²) in [4.78, 5) is 2.65. The zero-order chi connectivity index (χ0) is 17.8. The van der Waals surface area contributed by atoms with Gasteiger partial charge in [0.05, 0.1) is 19.8 Å². The molecule has 140 valence electrons. The second-order valence-corrected chi connectivity index (χ2v) is 7.18. The van der Waals surface area contributed by atoms with Gasteiger partial charge in [-0.25, -0.2) is 0 Å². The lowest BCUT2D eigenvalue weighted by Gasteiger charge is -2.26. The van der Waals surface area contributed by atoms with Crippen molar-refractivity contribution in [1.82, 2.24) is 5.32 Å². The third-order valence-electron chi connectivity index (χ3n) is 5.69. The van der Waals surface area contributed by atoms with E-state index in [-0.39, 0.29) is 0 Å². The van der Waals surface area contributed by atoms with Crippen molar-refractivity contribution in [3.8, 4) is 18.1 Å². The van der Waals surface area contributed by atoms with E-state index in [0.717, 1.165) is 25.4 Å². The number of nitrogens with zero attached hydrogens (tertiary/aromatic N) is 1. The van der Waals surface area contributed by atoms with Gasteiger partial charge in [-0.15, -0.1) is 6.42 Å². The number of benzene rings is 1. The second kappa shape index (κ2) is 8.30. The molecule has 26 heavy (non-hydrogen) atoms. The molecule has 5 nitrogen and oxygen atoms in total. The van der Waals surface area contributed by atoms with Gasteiger partial charge in [-0.1, -0.05) is 18.4 Å². The van der Waals surface area contributed by atoms with E-state index in [9.17, 15) is 0 Å². The number of anilines is 1. The van der Waals surface area contributed by atoms with Crippen LogP contribution in [0.5, 0.6) is 5.75 Å². The fourth-order valence-corrected chi connectivity index (χ4v) is 4.68. The molecule has 1 aromatic carbocycles. The Morgan fingerprint density at radius 3 is 2.96 bits per heavy atom. The number of hydrogen-bond donors (Lipinski definition) is 1. The highest BCUT2D eigenvalue weighted by Crippen LogP contribution is 2.54. The molecule has 4 rings (SSSR count). The van der Waals surface area contributed by atoms with Gasteiger partial charge >= 0.3 is 0 Å². The SMILES string of the molecule is C#CCOCCOCCOc1ccc2c3c1C1CCCC1N3CCNC2. The average Bonchev–Trinajstić information content (AvgIpc) is 3.17. The van der Waals surface area contributed by atoms with Crippen LogP contribution in [0.4, 0.5) is 5.69 Å². The van der Waals surface area contributed by atoms with Crippen molar-refractivity contribution in [3.05, 3.63) is 23.3 Å². The van der Waals surface area contributed by atoms with Crippen LogP contribution < -0.4 is 15.0 Å². The van der Waals surface area contributed by atoms with Crippen LogP contribution in [0.2, 0.25) is 0 Å². The molecule has 2 heterocycles. The minimum atomic E-state index is 0.340. The molecular weight excluding hydrogens is 328 g/mol. The minimum absolute atomic E-state index is 0.340. The first-order valence-electron chi connectivity index (χ1n) is 9.75. The van der Waals surface area contributed by atoms with Crippen LogP contribution in [0.25, 0.3) is 0 Å². The predicted molar refractivity (Wildman–Crippen MR) is 102 cm³/mol. The van der Waals surface area contributed by atoms with Gasteiger partial charge in [0.25, 0.3) is 0 Å². The number of ether oxygens (including phenoxy) is 3. The molecule has 3 aliphatic rings. The lowest BCUT2D eigenvalue weighted by Crippen LogP contribution is -2.35. The number of nitrogens with one attached hydrogen (secondary N) is 1. The lowest BCUT2D eigenvalue weighted by atomic mass is 9.95. The van der Waals surface area contributed by atoms with E-state index in [2.05, 4.69) is 28.3 Å². The maximum absolute atomic E-state index is 6.15. The molecule has 0 aromatic heterocycles. The molecule has 1 aliphatic carbocycles. The summed E-state index contributed by atoms with van der Waals surface area (Å²) in [6, 6.07) is 5.06. The molecule has 0 bridgehead atoms. The summed E-state index contributed by atoms with van der Waals surface area (Å²) in [6.07, 6.45) is 9.05. The summed E-state index contributed by atoms with van der Waals surface area (Å²) in [7, 11) is 0. The van der Waals surface area contributed by atoms with Crippen molar-refractivity contribution in [2.75, 3.05) is 51.0 Å². The van der Waals surface area contributed by atoms with E-state index >= 15 is 0 Å². The van der Waals surface area contributed by atoms with E-state index in [1.54, 1.807) is 0 Å². The smallest absolute Gasteiger partial charge is 0.125 e. The molecule has 2 aliphatic heterocycles. The topological polar surface area (TPSA) is 43.0 Å². The summed E-state index contributed by atoms with van der Waals surface area (Å²) in [5.41, 5.74) is 4.32. The van der Waals surface area contributed by atoms with Crippen LogP contribution in [0.1, 0.15) is 36.3 Å². The van der Waals surface area contributed by atoms with Gasteiger partial charge in [0.15, 0.2) is 0 Å². The van der Waals surface area contributed by atoms with Crippen LogP contribution in [-0.4, -0.2) is 52.2 Å². The summed E-state index contributed by atoms with van der Waals surface area (Å²) in [5.74, 6) is 4.13. The standard InChI is InChI=1S/C21H28N2O3/c1-2-10-24-11-12-25-13-14-26-19-7-6-16-15-22-8-9-23-18-5-3-4-17(18)20(19)21(16)23/h1,6-7,17-18,22H,3-5,8-15H2. The molecule has 5 heteroatoms. The molecule has 1 aromatic rings. The van der Waals surface area contributed by atoms with E-state index in [1.165, 1.54) is 36.1 Å². The van der Waals surface area contributed by atoms with Crippen molar-refractivity contribution in [2.45, 2.75) is 37.8 Å². The molecule has 0 amide bonds. The Morgan fingerprint density at radius 1 is 1.15 bits per heavy atom. The van der Waals surface area contributed by atoms with Gasteiger partial charge in [0.1, 0.15) is 19.0 Å². The molecule has 1 N–H and O–H groups in total. The van der Waals surface area contributed by atoms with Gasteiger partial charge in [-0.3, -0.25) is 0 Å². The Balaban J connectivity index is 1.40. The van der Waals surface area contributed by atoms with Crippen molar-refractivity contribution < 1.29 is 14.2 Å². The Hall–Kier alpha value is -1.74. The van der Waals surface area contributed by atoms with Gasteiger partial charge < -0.3 is 24.4 Å². The summed E-state index contributed by atoms with van der Waals surface area (Å²) < 4.78 is 16.9. The Bertz CT molecular complexity index is 670. The predicted octanol–water partition coefficient (Wildman–Crippen LogP) is 2.29. The Morgan fingerprint density at radius 2 is 2.04 bits per heavy atom. The molecule has 1 saturated carbocycles. The van der Waals surface area contributed by atoms with Gasteiger partial charge in [-0.05, 0) is 24.5 Å². The molecular formula is C21H28N2O3. The van der Waals surface area contributed by atoms with E-state index in [1.807, 2.05) is 0 Å². The number of rotatable bonds is 8. The van der Waals surface area contributed by atoms with Gasteiger partial charge in [-0.2, -0.15) is 0 Å². The first-order valence-corrected chi connectivity index (χ1v) is 9.75. The molecule has 0 radical (unpaired) electrons. The highest BCUT2D eigenvalue weighted by Gasteiger charge is 2.44. The van der Waals surface area contributed by atoms with Crippen LogP contribution in [-0.2, 0) is 16.0 Å². The first kappa shape index (κ1) is 17.7. The van der Waals surface area contributed by atoms with E-state index in [0.29, 0.717) is 45.0 Å². The number of fused-ring (bicyclic) bond motifs is 3. The van der Waals surface area contributed by atoms with Crippen LogP contribution in [0.3, 0.4) is 0 Å². The number of hydrogen-bond acceptors (Lipinski definition) is 5. The maximum Gasteiger partial charge on any atom is 0.125 e. The molecule has 2 atom stereocenters. The zero-order valence-corrected chi connectivity index (χ0v) is 15.3. The molecule has 0 saturated heterocycles. The van der Waals surface area contributed by atoms with Crippen LogP contribution in [0.15, 0.2) is 12.1 Å². The largest absolute Gasteiger partial charge is 0.491 e. The van der Waals surface area contributed by atoms with Gasteiger partial charge in [0, 0.05) is 42.8 Å². The number of terminal acetylenes is 1. The molecule has 2 unspecified atom stereocenters. The van der Waals surface area contributed by atoms with Crippen molar-refractivity contribution in [2.24, 2.45) is 0 Å². The highest BCUT2D eigenvalue weighted by molar-refractivity contribution is 5.71. The average molecular weight is 356 g/mol. The summed E-state index contributed by atoms with van der Waals surface area (Å²) in [5, 5.41) is 3.55. The van der Waals surface area contributed by atoms with E-state index < -0.39 is 0 Å². The lowest BCUT2D eigenvalue weighted by molar-refractivity contribution is 0.0461. The zero-order valence-electron chi connectivity index (χ0n) is 15.3. The van der Waals surface area contributed by atoms with Crippen molar-refractivity contribution in [1.29, 1.82) is 0 Å². The Labute approximate surface area is 156 Å². The Kier molecular flexibility index (Phi) is 5.64. The molecule has 0 spiro atoms. The van der Waals surface area contributed by atoms with Crippen LogP contribution in [0, 0.1) is 12.3 Å². The van der Waals surface area contributed by atoms with E-state index in [4.69, 9.17) is 20.6 Å². The summed E-state index contributed by atoms with van der Waals surface area (Å²) >= 11 is 0. The fraction of sp³-hybridized carbons (Fsp3) is 0.619. The fourth-order valence-electron chi connectivity index (χ4n) is 4.68. The maximum atomic E-state index is 6.15. The minimum Gasteiger partial charge on any atom is -0.491 e. The first-order chi connectivity index (χ1) is 12.9. The monoisotopic (exact) mass is 356 g/mol. The third-order valence-corrected chi connectivity index (χ3v) is 5.69. The summed E-state index contributed by atoms with van der Waals surface area (Å²) in [6.45, 7) is 5.66. The quantitative estimate of drug-likeness (QED) is 0.572. The van der Waals surface area contributed by atoms with Crippen LogP contribution >= 0.6 is 0 Å². The second-order valence-electron chi connectivity index (χ2n) is 7.18. The molecule has 1 fully saturated rings. The third kappa shape index (κ3) is 3.42.